The van der Waals surface area contributed by atoms with Gasteiger partial charge in [0.15, 0.2) is 6.61 Å². The van der Waals surface area contributed by atoms with Crippen molar-refractivity contribution in [2.45, 2.75) is 0 Å². The van der Waals surface area contributed by atoms with Gasteiger partial charge in [-0.1, -0.05) is 6.08 Å². The minimum atomic E-state index is -1.12. The highest BCUT2D eigenvalue weighted by Gasteiger charge is 2.32. The maximum absolute atomic E-state index is 12.2. The lowest BCUT2D eigenvalue weighted by Crippen LogP contribution is -2.30. The van der Waals surface area contributed by atoms with Gasteiger partial charge in [-0.05, 0) is 56.7 Å². The van der Waals surface area contributed by atoms with Crippen molar-refractivity contribution in [1.82, 2.24) is 10.2 Å². The van der Waals surface area contributed by atoms with Gasteiger partial charge in [-0.2, -0.15) is 0 Å². The number of halogens is 2. The third-order valence-electron chi connectivity index (χ3n) is 2.95. The van der Waals surface area contributed by atoms with E-state index < -0.39 is 24.5 Å². The van der Waals surface area contributed by atoms with E-state index in [1.807, 2.05) is 0 Å². The maximum Gasteiger partial charge on any atom is 0.341 e. The van der Waals surface area contributed by atoms with E-state index in [-0.39, 0.29) is 18.0 Å². The summed E-state index contributed by atoms with van der Waals surface area (Å²) in [6, 6.07) is 2.92. The fourth-order valence-electron chi connectivity index (χ4n) is 2.00. The lowest BCUT2D eigenvalue weighted by molar-refractivity contribution is -0.139. The molecular formula is C15H12BrIN2O5. The molecule has 0 bridgehead atoms. The Kier molecular flexibility index (Phi) is 5.99. The van der Waals surface area contributed by atoms with Crippen LogP contribution in [0, 0.1) is 3.57 Å². The van der Waals surface area contributed by atoms with Crippen LogP contribution in [0.25, 0.3) is 6.08 Å². The van der Waals surface area contributed by atoms with Crippen LogP contribution in [0.1, 0.15) is 5.56 Å². The number of imide groups is 1. The van der Waals surface area contributed by atoms with Gasteiger partial charge in [0.2, 0.25) is 0 Å². The first kappa shape index (κ1) is 18.5. The molecule has 1 heterocycles. The number of nitrogens with zero attached hydrogens (tertiary/aromatic N) is 1. The first-order valence-corrected chi connectivity index (χ1v) is 8.49. The summed E-state index contributed by atoms with van der Waals surface area (Å²) in [5.41, 5.74) is 0.551. The minimum Gasteiger partial charge on any atom is -0.480 e. The van der Waals surface area contributed by atoms with Crippen molar-refractivity contribution >= 4 is 62.5 Å². The highest BCUT2D eigenvalue weighted by Crippen LogP contribution is 2.33. The smallest absolute Gasteiger partial charge is 0.341 e. The van der Waals surface area contributed by atoms with Gasteiger partial charge in [-0.3, -0.25) is 9.69 Å². The molecule has 0 spiro atoms. The number of ether oxygens (including phenoxy) is 1. The second kappa shape index (κ2) is 7.79. The van der Waals surface area contributed by atoms with Crippen LogP contribution in [0.5, 0.6) is 5.75 Å². The molecule has 0 aliphatic carbocycles. The molecule has 1 aliphatic heterocycles. The SMILES string of the molecule is C=CCN1C(=O)N/C(=C/c2cc(I)cc(Br)c2OCC(=O)O)C1=O. The third kappa shape index (κ3) is 4.15. The number of hydrogen-bond acceptors (Lipinski definition) is 4. The van der Waals surface area contributed by atoms with E-state index in [9.17, 15) is 14.4 Å². The van der Waals surface area contributed by atoms with Crippen molar-refractivity contribution in [3.63, 3.8) is 0 Å². The Morgan fingerprint density at radius 1 is 1.46 bits per heavy atom. The lowest BCUT2D eigenvalue weighted by Gasteiger charge is -2.11. The van der Waals surface area contributed by atoms with Crippen molar-refractivity contribution in [3.05, 3.63) is 44.1 Å². The number of carbonyl (C=O) groups is 3. The molecule has 1 aromatic rings. The number of carboxylic acids is 1. The Morgan fingerprint density at radius 3 is 2.79 bits per heavy atom. The average Bonchev–Trinajstić information content (AvgIpc) is 2.74. The minimum absolute atomic E-state index is 0.0796. The summed E-state index contributed by atoms with van der Waals surface area (Å²) in [6.45, 7) is 3.07. The van der Waals surface area contributed by atoms with Crippen LogP contribution in [0.3, 0.4) is 0 Å². The third-order valence-corrected chi connectivity index (χ3v) is 4.16. The summed E-state index contributed by atoms with van der Waals surface area (Å²) >= 11 is 5.39. The molecule has 1 aliphatic rings. The quantitative estimate of drug-likeness (QED) is 0.267. The van der Waals surface area contributed by atoms with E-state index in [4.69, 9.17) is 9.84 Å². The molecule has 1 fully saturated rings. The molecule has 3 amide bonds. The molecule has 9 heteroatoms. The predicted molar refractivity (Wildman–Crippen MR) is 98.4 cm³/mol. The second-order valence-electron chi connectivity index (χ2n) is 4.68. The fourth-order valence-corrected chi connectivity index (χ4v) is 3.66. The van der Waals surface area contributed by atoms with Crippen LogP contribution in [-0.2, 0) is 9.59 Å². The van der Waals surface area contributed by atoms with E-state index in [1.165, 1.54) is 12.2 Å². The average molecular weight is 507 g/mol. The van der Waals surface area contributed by atoms with Crippen LogP contribution in [0.4, 0.5) is 4.79 Å². The van der Waals surface area contributed by atoms with Crippen LogP contribution in [-0.4, -0.2) is 41.1 Å². The Balaban J connectivity index is 2.41. The zero-order valence-electron chi connectivity index (χ0n) is 12.2. The summed E-state index contributed by atoms with van der Waals surface area (Å²) < 4.78 is 6.67. The summed E-state index contributed by atoms with van der Waals surface area (Å²) in [5, 5.41) is 11.3. The summed E-state index contributed by atoms with van der Waals surface area (Å²) in [4.78, 5) is 35.8. The number of aliphatic carboxylic acids is 1. The van der Waals surface area contributed by atoms with Gasteiger partial charge in [0.05, 0.1) is 4.47 Å². The summed E-state index contributed by atoms with van der Waals surface area (Å²) in [6.07, 6.45) is 2.90. The monoisotopic (exact) mass is 506 g/mol. The van der Waals surface area contributed by atoms with Crippen LogP contribution in [0.15, 0.2) is 35.0 Å². The molecular weight excluding hydrogens is 495 g/mol. The van der Waals surface area contributed by atoms with E-state index in [1.54, 1.807) is 12.1 Å². The zero-order chi connectivity index (χ0) is 17.9. The lowest BCUT2D eigenvalue weighted by atomic mass is 10.1. The number of rotatable bonds is 6. The van der Waals surface area contributed by atoms with Crippen molar-refractivity contribution < 1.29 is 24.2 Å². The van der Waals surface area contributed by atoms with Crippen molar-refractivity contribution in [1.29, 1.82) is 0 Å². The topological polar surface area (TPSA) is 95.9 Å². The van der Waals surface area contributed by atoms with E-state index in [2.05, 4.69) is 50.4 Å². The van der Waals surface area contributed by atoms with Gasteiger partial charge in [-0.15, -0.1) is 6.58 Å². The van der Waals surface area contributed by atoms with Crippen molar-refractivity contribution in [3.8, 4) is 5.75 Å². The molecule has 0 atom stereocenters. The first-order valence-electron chi connectivity index (χ1n) is 6.62. The Labute approximate surface area is 159 Å². The van der Waals surface area contributed by atoms with Crippen molar-refractivity contribution in [2.75, 3.05) is 13.2 Å². The number of benzene rings is 1. The molecule has 0 radical (unpaired) electrons. The number of urea groups is 1. The molecule has 1 aromatic carbocycles. The van der Waals surface area contributed by atoms with Crippen LogP contribution >= 0.6 is 38.5 Å². The molecule has 0 unspecified atom stereocenters. The van der Waals surface area contributed by atoms with Crippen LogP contribution < -0.4 is 10.1 Å². The van der Waals surface area contributed by atoms with Crippen LogP contribution in [0.2, 0.25) is 0 Å². The largest absolute Gasteiger partial charge is 0.480 e. The zero-order valence-corrected chi connectivity index (χ0v) is 16.0. The molecule has 1 saturated heterocycles. The Hall–Kier alpha value is -1.88. The van der Waals surface area contributed by atoms with Gasteiger partial charge in [-0.25, -0.2) is 9.59 Å². The highest BCUT2D eigenvalue weighted by atomic mass is 127. The Bertz CT molecular complexity index is 762. The van der Waals surface area contributed by atoms with E-state index in [0.29, 0.717) is 10.0 Å². The van der Waals surface area contributed by atoms with Gasteiger partial charge in [0.1, 0.15) is 11.4 Å². The fraction of sp³-hybridized carbons (Fsp3) is 0.133. The summed E-state index contributed by atoms with van der Waals surface area (Å²) in [5.74, 6) is -1.34. The maximum atomic E-state index is 12.2. The number of carbonyl (C=O) groups excluding carboxylic acids is 2. The van der Waals surface area contributed by atoms with Gasteiger partial charge >= 0.3 is 12.0 Å². The number of hydrogen-bond donors (Lipinski definition) is 2. The number of nitrogens with one attached hydrogen (secondary N) is 1. The number of amides is 3. The van der Waals surface area contributed by atoms with Gasteiger partial charge in [0, 0.05) is 15.7 Å². The molecule has 24 heavy (non-hydrogen) atoms. The molecule has 2 rings (SSSR count). The predicted octanol–water partition coefficient (Wildman–Crippen LogP) is 2.60. The van der Waals surface area contributed by atoms with Gasteiger partial charge in [0.25, 0.3) is 5.91 Å². The van der Waals surface area contributed by atoms with E-state index >= 15 is 0 Å². The molecule has 0 aromatic heterocycles. The molecule has 126 valence electrons. The molecule has 2 N–H and O–H groups in total. The summed E-state index contributed by atoms with van der Waals surface area (Å²) in [7, 11) is 0. The molecule has 0 saturated carbocycles. The first-order chi connectivity index (χ1) is 11.3. The Morgan fingerprint density at radius 2 is 2.17 bits per heavy atom. The van der Waals surface area contributed by atoms with E-state index in [0.717, 1.165) is 8.47 Å². The van der Waals surface area contributed by atoms with Crippen molar-refractivity contribution in [2.24, 2.45) is 0 Å². The standard InChI is InChI=1S/C15H12BrIN2O5/c1-2-3-19-14(22)11(18-15(19)23)5-8-4-9(17)6-10(16)13(8)24-7-12(20)21/h2,4-6H,1,3,7H2,(H,18,23)(H,20,21)/b11-5+. The number of carboxylic acid groups (broad SMARTS) is 1. The normalized spacial score (nSPS) is 15.6. The highest BCUT2D eigenvalue weighted by molar-refractivity contribution is 14.1. The second-order valence-corrected chi connectivity index (χ2v) is 6.78. The van der Waals surface area contributed by atoms with Gasteiger partial charge < -0.3 is 15.2 Å². The molecule has 7 nitrogen and oxygen atoms in total.